The number of carbonyl (C=O) groups is 1. The second kappa shape index (κ2) is 6.41. The van der Waals surface area contributed by atoms with E-state index >= 15 is 0 Å². The molecule has 0 aliphatic rings. The first kappa shape index (κ1) is 12.9. The van der Waals surface area contributed by atoms with Crippen molar-refractivity contribution >= 4 is 5.97 Å². The Bertz CT molecular complexity index is 235. The molecule has 2 nitrogen and oxygen atoms in total. The van der Waals surface area contributed by atoms with Crippen molar-refractivity contribution in [3.8, 4) is 0 Å². The summed E-state index contributed by atoms with van der Waals surface area (Å²) in [5.41, 5.74) is 2.19. The molecule has 80 valence electrons. The maximum atomic E-state index is 10.8. The van der Waals surface area contributed by atoms with Crippen LogP contribution in [0.3, 0.4) is 0 Å². The van der Waals surface area contributed by atoms with Gasteiger partial charge in [0.1, 0.15) is 6.10 Å². The highest BCUT2D eigenvalue weighted by Crippen LogP contribution is 2.12. The molecule has 0 aliphatic carbocycles. The predicted molar refractivity (Wildman–Crippen MR) is 59.0 cm³/mol. The molecule has 2 heteroatoms. The van der Waals surface area contributed by atoms with Crippen LogP contribution in [0.5, 0.6) is 0 Å². The normalized spacial score (nSPS) is 11.7. The smallest absolute Gasteiger partial charge is 0.303 e. The van der Waals surface area contributed by atoms with Crippen molar-refractivity contribution in [3.05, 3.63) is 23.8 Å². The van der Waals surface area contributed by atoms with Crippen LogP contribution in [0.15, 0.2) is 23.8 Å². The molecule has 0 aliphatic heterocycles. The van der Waals surface area contributed by atoms with E-state index in [1.165, 1.54) is 12.5 Å². The van der Waals surface area contributed by atoms with E-state index in [0.717, 1.165) is 18.4 Å². The van der Waals surface area contributed by atoms with Gasteiger partial charge in [0.05, 0.1) is 0 Å². The Balaban J connectivity index is 4.04. The van der Waals surface area contributed by atoms with Crippen molar-refractivity contribution in [3.63, 3.8) is 0 Å². The van der Waals surface area contributed by atoms with E-state index in [2.05, 4.69) is 26.5 Å². The van der Waals surface area contributed by atoms with Crippen LogP contribution in [-0.2, 0) is 9.53 Å². The number of ether oxygens (including phenoxy) is 1. The minimum Gasteiger partial charge on any atom is -0.458 e. The molecule has 0 aromatic rings. The molecule has 0 fully saturated rings. The Morgan fingerprint density at radius 3 is 2.29 bits per heavy atom. The summed E-state index contributed by atoms with van der Waals surface area (Å²) in [4.78, 5) is 10.8. The third-order valence-corrected chi connectivity index (χ3v) is 1.84. The highest BCUT2D eigenvalue weighted by molar-refractivity contribution is 5.66. The first-order valence-electron chi connectivity index (χ1n) is 4.89. The van der Waals surface area contributed by atoms with E-state index in [0.29, 0.717) is 0 Å². The quantitative estimate of drug-likeness (QED) is 0.498. The second-order valence-corrected chi connectivity index (χ2v) is 3.80. The van der Waals surface area contributed by atoms with Crippen molar-refractivity contribution in [1.29, 1.82) is 0 Å². The van der Waals surface area contributed by atoms with Crippen LogP contribution in [-0.4, -0.2) is 12.1 Å². The van der Waals surface area contributed by atoms with Crippen LogP contribution >= 0.6 is 0 Å². The molecule has 0 aromatic heterocycles. The molecule has 0 saturated heterocycles. The molecule has 1 atom stereocenters. The molecule has 0 aromatic carbocycles. The largest absolute Gasteiger partial charge is 0.458 e. The van der Waals surface area contributed by atoms with Crippen molar-refractivity contribution in [2.24, 2.45) is 0 Å². The molecule has 0 spiro atoms. The number of carbonyl (C=O) groups excluding carboxylic acids is 1. The maximum Gasteiger partial charge on any atom is 0.303 e. The molecule has 0 bridgehead atoms. The molecule has 0 N–H and O–H groups in total. The van der Waals surface area contributed by atoms with Gasteiger partial charge in [-0.15, -0.1) is 0 Å². The molecular formula is C12H20O2. The van der Waals surface area contributed by atoms with Gasteiger partial charge in [-0.3, -0.25) is 4.79 Å². The molecule has 0 heterocycles. The summed E-state index contributed by atoms with van der Waals surface area (Å²) in [6, 6.07) is 0. The predicted octanol–water partition coefficient (Wildman–Crippen LogP) is 3.24. The lowest BCUT2D eigenvalue weighted by Gasteiger charge is -2.15. The van der Waals surface area contributed by atoms with Crippen molar-refractivity contribution < 1.29 is 9.53 Å². The monoisotopic (exact) mass is 196 g/mol. The third kappa shape index (κ3) is 6.46. The molecule has 0 rings (SSSR count). The fraction of sp³-hybridized carbons (Fsp3) is 0.583. The van der Waals surface area contributed by atoms with Crippen molar-refractivity contribution in [2.75, 3.05) is 0 Å². The van der Waals surface area contributed by atoms with Crippen LogP contribution in [0.2, 0.25) is 0 Å². The summed E-state index contributed by atoms with van der Waals surface area (Å²) in [6.45, 7) is 11.2. The minimum absolute atomic E-state index is 0.136. The molecule has 0 amide bonds. The van der Waals surface area contributed by atoms with Gasteiger partial charge >= 0.3 is 5.97 Å². The van der Waals surface area contributed by atoms with E-state index in [1.54, 1.807) is 0 Å². The Kier molecular flexibility index (Phi) is 5.93. The van der Waals surface area contributed by atoms with Gasteiger partial charge in [-0.2, -0.15) is 0 Å². The van der Waals surface area contributed by atoms with Gasteiger partial charge in [-0.1, -0.05) is 18.2 Å². The van der Waals surface area contributed by atoms with Gasteiger partial charge in [0.25, 0.3) is 0 Å². The summed E-state index contributed by atoms with van der Waals surface area (Å²) in [5, 5.41) is 0. The topological polar surface area (TPSA) is 26.3 Å². The van der Waals surface area contributed by atoms with Gasteiger partial charge in [0.15, 0.2) is 0 Å². The number of rotatable bonds is 5. The summed E-state index contributed by atoms with van der Waals surface area (Å²) < 4.78 is 5.13. The number of hydrogen-bond acceptors (Lipinski definition) is 2. The van der Waals surface area contributed by atoms with Gasteiger partial charge in [0.2, 0.25) is 0 Å². The number of allylic oxidation sites excluding steroid dienone is 2. The van der Waals surface area contributed by atoms with Crippen LogP contribution < -0.4 is 0 Å². The molecular weight excluding hydrogens is 176 g/mol. The average molecular weight is 196 g/mol. The molecule has 0 saturated carbocycles. The Hall–Kier alpha value is -1.05. The van der Waals surface area contributed by atoms with Gasteiger partial charge in [-0.25, -0.2) is 0 Å². The lowest BCUT2D eigenvalue weighted by molar-refractivity contribution is -0.144. The minimum atomic E-state index is -0.241. The van der Waals surface area contributed by atoms with Crippen molar-refractivity contribution in [2.45, 2.75) is 46.6 Å². The zero-order valence-electron chi connectivity index (χ0n) is 9.59. The lowest BCUT2D eigenvalue weighted by atomic mass is 10.1. The first-order valence-corrected chi connectivity index (χ1v) is 4.89. The summed E-state index contributed by atoms with van der Waals surface area (Å²) in [6.07, 6.45) is 3.75. The Morgan fingerprint density at radius 1 is 1.36 bits per heavy atom. The van der Waals surface area contributed by atoms with Crippen LogP contribution in [0, 0.1) is 0 Å². The Morgan fingerprint density at radius 2 is 1.93 bits per heavy atom. The fourth-order valence-electron chi connectivity index (χ4n) is 1.13. The first-order chi connectivity index (χ1) is 6.43. The van der Waals surface area contributed by atoms with Crippen LogP contribution in [0.4, 0.5) is 0 Å². The van der Waals surface area contributed by atoms with Gasteiger partial charge < -0.3 is 4.74 Å². The Labute approximate surface area is 86.6 Å². The van der Waals surface area contributed by atoms with E-state index in [4.69, 9.17) is 4.74 Å². The van der Waals surface area contributed by atoms with Gasteiger partial charge in [0, 0.05) is 6.92 Å². The molecule has 14 heavy (non-hydrogen) atoms. The summed E-state index contributed by atoms with van der Waals surface area (Å²) >= 11 is 0. The van der Waals surface area contributed by atoms with Crippen LogP contribution in [0.1, 0.15) is 40.5 Å². The van der Waals surface area contributed by atoms with E-state index in [-0.39, 0.29) is 12.1 Å². The maximum absolute atomic E-state index is 10.8. The lowest BCUT2D eigenvalue weighted by Crippen LogP contribution is -2.16. The highest BCUT2D eigenvalue weighted by Gasteiger charge is 2.11. The number of esters is 1. The zero-order chi connectivity index (χ0) is 11.1. The van der Waals surface area contributed by atoms with E-state index in [1.807, 2.05) is 6.92 Å². The van der Waals surface area contributed by atoms with Crippen LogP contribution in [0.25, 0.3) is 0 Å². The van der Waals surface area contributed by atoms with Gasteiger partial charge in [-0.05, 0) is 39.2 Å². The fourth-order valence-corrected chi connectivity index (χ4v) is 1.13. The average Bonchev–Trinajstić information content (AvgIpc) is 2.00. The third-order valence-electron chi connectivity index (χ3n) is 1.84. The summed E-state index contributed by atoms with van der Waals surface area (Å²) in [5.74, 6) is -0.241. The van der Waals surface area contributed by atoms with E-state index < -0.39 is 0 Å². The zero-order valence-corrected chi connectivity index (χ0v) is 9.59. The SMILES string of the molecule is C=C(C)[C@H](CCC=C(C)C)OC(C)=O. The standard InChI is InChI=1S/C12H20O2/c1-9(2)7-6-8-12(10(3)4)14-11(5)13/h7,12H,3,6,8H2,1-2,4-5H3/t12-/m0/s1. The second-order valence-electron chi connectivity index (χ2n) is 3.80. The molecule has 0 radical (unpaired) electrons. The molecule has 0 unspecified atom stereocenters. The van der Waals surface area contributed by atoms with Crippen molar-refractivity contribution in [1.82, 2.24) is 0 Å². The highest BCUT2D eigenvalue weighted by atomic mass is 16.5. The van der Waals surface area contributed by atoms with E-state index in [9.17, 15) is 4.79 Å². The number of hydrogen-bond donors (Lipinski definition) is 0. The summed E-state index contributed by atoms with van der Waals surface area (Å²) in [7, 11) is 0.